The number of likely N-dealkylation sites (N-methyl/N-ethyl adjacent to an activating group) is 1. The van der Waals surface area contributed by atoms with Gasteiger partial charge in [-0.2, -0.15) is 0 Å². The molecule has 0 aromatic carbocycles. The first-order chi connectivity index (χ1) is 15.0. The van der Waals surface area contributed by atoms with E-state index >= 15 is 0 Å². The standard InChI is InChI=1S/C24H46N4O3.HI/c1-5-7-10-20(6-2)17-25-24(26-18-23(29)27(3)4)28-14-12-21(13-15-28)31-19-22-11-8-9-16-30-22;/h20-22H,5-19H2,1-4H3,(H,25,26);1H. The number of ether oxygens (including phenoxy) is 2. The summed E-state index contributed by atoms with van der Waals surface area (Å²) in [4.78, 5) is 20.7. The van der Waals surface area contributed by atoms with Crippen molar-refractivity contribution in [2.24, 2.45) is 10.9 Å². The van der Waals surface area contributed by atoms with Crippen LogP contribution in [0.25, 0.3) is 0 Å². The van der Waals surface area contributed by atoms with E-state index in [-0.39, 0.29) is 42.5 Å². The molecule has 0 aliphatic carbocycles. The Morgan fingerprint density at radius 2 is 1.97 bits per heavy atom. The molecule has 32 heavy (non-hydrogen) atoms. The molecule has 2 fully saturated rings. The van der Waals surface area contributed by atoms with Crippen LogP contribution in [-0.2, 0) is 14.3 Å². The Balaban J connectivity index is 0.00000512. The Morgan fingerprint density at radius 1 is 1.22 bits per heavy atom. The Labute approximate surface area is 213 Å². The van der Waals surface area contributed by atoms with Crippen LogP contribution < -0.4 is 5.32 Å². The van der Waals surface area contributed by atoms with E-state index in [9.17, 15) is 4.79 Å². The summed E-state index contributed by atoms with van der Waals surface area (Å²) in [5.74, 6) is 1.55. The number of carbonyl (C=O) groups is 1. The predicted molar refractivity (Wildman–Crippen MR) is 142 cm³/mol. The fraction of sp³-hybridized carbons (Fsp3) is 0.917. The largest absolute Gasteiger partial charge is 0.376 e. The van der Waals surface area contributed by atoms with Crippen LogP contribution in [0.1, 0.15) is 71.6 Å². The minimum Gasteiger partial charge on any atom is -0.376 e. The monoisotopic (exact) mass is 566 g/mol. The maximum absolute atomic E-state index is 12.1. The SMILES string of the molecule is CCCCC(CC)CNC(=NCC(=O)N(C)C)N1CCC(OCC2CCCCO2)CC1.I. The van der Waals surface area contributed by atoms with Crippen LogP contribution in [0.15, 0.2) is 4.99 Å². The quantitative estimate of drug-likeness (QED) is 0.234. The highest BCUT2D eigenvalue weighted by Gasteiger charge is 2.24. The molecule has 0 spiro atoms. The molecule has 0 bridgehead atoms. The molecule has 0 aromatic rings. The van der Waals surface area contributed by atoms with Gasteiger partial charge >= 0.3 is 0 Å². The Bertz CT molecular complexity index is 533. The van der Waals surface area contributed by atoms with Crippen LogP contribution in [0, 0.1) is 5.92 Å². The lowest BCUT2D eigenvalue weighted by Crippen LogP contribution is -2.48. The first-order valence-corrected chi connectivity index (χ1v) is 12.5. The summed E-state index contributed by atoms with van der Waals surface area (Å²) in [7, 11) is 3.56. The van der Waals surface area contributed by atoms with E-state index in [1.807, 2.05) is 0 Å². The molecule has 0 saturated carbocycles. The molecule has 8 heteroatoms. The Morgan fingerprint density at radius 3 is 2.56 bits per heavy atom. The third-order valence-electron chi connectivity index (χ3n) is 6.49. The zero-order valence-electron chi connectivity index (χ0n) is 20.8. The first kappa shape index (κ1) is 29.4. The van der Waals surface area contributed by atoms with Crippen LogP contribution in [0.5, 0.6) is 0 Å². The summed E-state index contributed by atoms with van der Waals surface area (Å²) < 4.78 is 12.0. The van der Waals surface area contributed by atoms with Crippen molar-refractivity contribution in [3.8, 4) is 0 Å². The van der Waals surface area contributed by atoms with Gasteiger partial charge in [-0.25, -0.2) is 4.99 Å². The van der Waals surface area contributed by atoms with Gasteiger partial charge in [0.25, 0.3) is 0 Å². The fourth-order valence-corrected chi connectivity index (χ4v) is 4.15. The minimum absolute atomic E-state index is 0. The van der Waals surface area contributed by atoms with Gasteiger partial charge in [0, 0.05) is 40.3 Å². The number of carbonyl (C=O) groups excluding carboxylic acids is 1. The van der Waals surface area contributed by atoms with Crippen molar-refractivity contribution in [3.63, 3.8) is 0 Å². The van der Waals surface area contributed by atoms with Crippen LogP contribution in [0.4, 0.5) is 0 Å². The van der Waals surface area contributed by atoms with Crippen LogP contribution >= 0.6 is 24.0 Å². The third-order valence-corrected chi connectivity index (χ3v) is 6.49. The zero-order valence-corrected chi connectivity index (χ0v) is 23.1. The number of nitrogens with zero attached hydrogens (tertiary/aromatic N) is 3. The Kier molecular flexibility index (Phi) is 15.6. The number of hydrogen-bond donors (Lipinski definition) is 1. The second kappa shape index (κ2) is 16.9. The van der Waals surface area contributed by atoms with Gasteiger partial charge in [0.2, 0.25) is 5.91 Å². The smallest absolute Gasteiger partial charge is 0.243 e. The topological polar surface area (TPSA) is 66.4 Å². The molecule has 1 amide bonds. The minimum atomic E-state index is 0. The van der Waals surface area contributed by atoms with Crippen molar-refractivity contribution < 1.29 is 14.3 Å². The molecule has 2 saturated heterocycles. The van der Waals surface area contributed by atoms with Crippen molar-refractivity contribution in [1.29, 1.82) is 0 Å². The van der Waals surface area contributed by atoms with Crippen molar-refractivity contribution in [1.82, 2.24) is 15.1 Å². The van der Waals surface area contributed by atoms with Gasteiger partial charge in [-0.15, -0.1) is 24.0 Å². The summed E-state index contributed by atoms with van der Waals surface area (Å²) in [6, 6.07) is 0. The van der Waals surface area contributed by atoms with E-state index in [0.717, 1.165) is 64.5 Å². The predicted octanol–water partition coefficient (Wildman–Crippen LogP) is 3.90. The highest BCUT2D eigenvalue weighted by Crippen LogP contribution is 2.18. The Hall–Kier alpha value is -0.610. The third kappa shape index (κ3) is 11.0. The molecule has 1 N–H and O–H groups in total. The molecule has 0 radical (unpaired) electrons. The zero-order chi connectivity index (χ0) is 22.5. The molecular weight excluding hydrogens is 519 g/mol. The van der Waals surface area contributed by atoms with Gasteiger partial charge in [0.1, 0.15) is 6.54 Å². The number of hydrogen-bond acceptors (Lipinski definition) is 4. The lowest BCUT2D eigenvalue weighted by molar-refractivity contribution is -0.127. The molecule has 2 unspecified atom stereocenters. The number of aliphatic imine (C=N–C) groups is 1. The van der Waals surface area contributed by atoms with E-state index in [2.05, 4.69) is 29.1 Å². The van der Waals surface area contributed by atoms with Gasteiger partial charge in [0.05, 0.1) is 18.8 Å². The second-order valence-corrected chi connectivity index (χ2v) is 9.23. The normalized spacial score (nSPS) is 21.1. The van der Waals surface area contributed by atoms with Crippen molar-refractivity contribution in [3.05, 3.63) is 0 Å². The number of guanidine groups is 1. The summed E-state index contributed by atoms with van der Waals surface area (Å²) >= 11 is 0. The van der Waals surface area contributed by atoms with Gasteiger partial charge in [-0.1, -0.05) is 33.1 Å². The lowest BCUT2D eigenvalue weighted by Gasteiger charge is -2.35. The molecule has 2 rings (SSSR count). The van der Waals surface area contributed by atoms with Gasteiger partial charge in [-0.3, -0.25) is 4.79 Å². The van der Waals surface area contributed by atoms with Crippen molar-refractivity contribution >= 4 is 35.8 Å². The number of amides is 1. The van der Waals surface area contributed by atoms with E-state index in [4.69, 9.17) is 9.47 Å². The van der Waals surface area contributed by atoms with E-state index < -0.39 is 0 Å². The average Bonchev–Trinajstić information content (AvgIpc) is 2.80. The number of nitrogens with one attached hydrogen (secondary N) is 1. The molecule has 2 atom stereocenters. The molecule has 188 valence electrons. The molecule has 2 aliphatic heterocycles. The van der Waals surface area contributed by atoms with Gasteiger partial charge < -0.3 is 24.6 Å². The summed E-state index contributed by atoms with van der Waals surface area (Å²) in [6.45, 7) is 9.02. The molecule has 2 aliphatic rings. The highest BCUT2D eigenvalue weighted by molar-refractivity contribution is 14.0. The first-order valence-electron chi connectivity index (χ1n) is 12.5. The van der Waals surface area contributed by atoms with E-state index in [0.29, 0.717) is 12.0 Å². The lowest BCUT2D eigenvalue weighted by atomic mass is 9.99. The number of rotatable bonds is 11. The van der Waals surface area contributed by atoms with Gasteiger partial charge in [-0.05, 0) is 44.4 Å². The summed E-state index contributed by atoms with van der Waals surface area (Å²) in [5, 5.41) is 3.59. The van der Waals surface area contributed by atoms with E-state index in [1.54, 1.807) is 19.0 Å². The van der Waals surface area contributed by atoms with Crippen LogP contribution in [0.2, 0.25) is 0 Å². The number of likely N-dealkylation sites (tertiary alicyclic amines) is 1. The fourth-order valence-electron chi connectivity index (χ4n) is 4.15. The average molecular weight is 567 g/mol. The maximum atomic E-state index is 12.1. The summed E-state index contributed by atoms with van der Waals surface area (Å²) in [5.41, 5.74) is 0. The molecule has 7 nitrogen and oxygen atoms in total. The van der Waals surface area contributed by atoms with Gasteiger partial charge in [0.15, 0.2) is 5.96 Å². The van der Waals surface area contributed by atoms with E-state index in [1.165, 1.54) is 32.1 Å². The molecule has 2 heterocycles. The van der Waals surface area contributed by atoms with Crippen LogP contribution in [-0.4, -0.2) is 87.4 Å². The number of unbranched alkanes of at least 4 members (excludes halogenated alkanes) is 1. The number of halogens is 1. The maximum Gasteiger partial charge on any atom is 0.243 e. The number of piperidine rings is 1. The van der Waals surface area contributed by atoms with Crippen LogP contribution in [0.3, 0.4) is 0 Å². The molecule has 0 aromatic heterocycles. The second-order valence-electron chi connectivity index (χ2n) is 9.23. The highest BCUT2D eigenvalue weighted by atomic mass is 127. The van der Waals surface area contributed by atoms with Crippen molar-refractivity contribution in [2.75, 3.05) is 53.5 Å². The molecular formula is C24H47IN4O3. The summed E-state index contributed by atoms with van der Waals surface area (Å²) in [6.07, 6.45) is 11.0. The van der Waals surface area contributed by atoms with Crippen molar-refractivity contribution in [2.45, 2.75) is 83.8 Å².